The second kappa shape index (κ2) is 7.99. The molecule has 0 aliphatic heterocycles. The zero-order valence-electron chi connectivity index (χ0n) is 16.3. The summed E-state index contributed by atoms with van der Waals surface area (Å²) in [6.45, 7) is 1.45. The number of carboxylic acid groups (broad SMARTS) is 1. The topological polar surface area (TPSA) is 66.8 Å². The minimum absolute atomic E-state index is 0.0664. The fourth-order valence-corrected chi connectivity index (χ4v) is 3.86. The van der Waals surface area contributed by atoms with Gasteiger partial charge in [-0.3, -0.25) is 4.90 Å². The van der Waals surface area contributed by atoms with Crippen LogP contribution < -0.4 is 4.90 Å². The molecule has 1 aliphatic carbocycles. The van der Waals surface area contributed by atoms with E-state index in [0.717, 1.165) is 27.2 Å². The predicted octanol–water partition coefficient (Wildman–Crippen LogP) is 5.05. The highest BCUT2D eigenvalue weighted by molar-refractivity contribution is 5.95. The Hall–Kier alpha value is -3.67. The Balaban J connectivity index is 1.59. The van der Waals surface area contributed by atoms with E-state index < -0.39 is 23.9 Å². The highest BCUT2D eigenvalue weighted by Gasteiger charge is 2.32. The maximum Gasteiger partial charge on any atom is 0.415 e. The van der Waals surface area contributed by atoms with Crippen LogP contribution in [0.3, 0.4) is 0 Å². The van der Waals surface area contributed by atoms with E-state index in [0.29, 0.717) is 0 Å². The van der Waals surface area contributed by atoms with Crippen molar-refractivity contribution < 1.29 is 23.8 Å². The minimum atomic E-state index is -1.19. The van der Waals surface area contributed by atoms with Crippen LogP contribution in [0.2, 0.25) is 0 Å². The SMILES string of the molecule is CC(C(=O)O)N(C(=O)OCC1c2ccccc2-c2ccccc21)c1ccc(F)cc1. The van der Waals surface area contributed by atoms with Crippen molar-refractivity contribution in [2.75, 3.05) is 11.5 Å². The summed E-state index contributed by atoms with van der Waals surface area (Å²) >= 11 is 0. The molecule has 0 spiro atoms. The number of rotatable bonds is 5. The van der Waals surface area contributed by atoms with Gasteiger partial charge in [0.1, 0.15) is 18.5 Å². The quantitative estimate of drug-likeness (QED) is 0.645. The van der Waals surface area contributed by atoms with Crippen molar-refractivity contribution in [2.24, 2.45) is 0 Å². The van der Waals surface area contributed by atoms with Crippen molar-refractivity contribution in [2.45, 2.75) is 18.9 Å². The van der Waals surface area contributed by atoms with Crippen molar-refractivity contribution in [1.82, 2.24) is 0 Å². The number of carboxylic acids is 1. The number of aliphatic carboxylic acids is 1. The molecule has 1 amide bonds. The molecular formula is C24H20FNO4. The molecule has 0 saturated heterocycles. The second-order valence-electron chi connectivity index (χ2n) is 7.16. The Morgan fingerprint density at radius 3 is 2.03 bits per heavy atom. The zero-order chi connectivity index (χ0) is 21.3. The van der Waals surface area contributed by atoms with Gasteiger partial charge < -0.3 is 9.84 Å². The van der Waals surface area contributed by atoms with E-state index in [1.54, 1.807) is 0 Å². The van der Waals surface area contributed by atoms with Gasteiger partial charge in [0.25, 0.3) is 0 Å². The second-order valence-corrected chi connectivity index (χ2v) is 7.16. The highest BCUT2D eigenvalue weighted by atomic mass is 19.1. The first kappa shape index (κ1) is 19.6. The number of carbonyl (C=O) groups excluding carboxylic acids is 1. The van der Waals surface area contributed by atoms with Gasteiger partial charge in [0.05, 0.1) is 0 Å². The van der Waals surface area contributed by atoms with Gasteiger partial charge in [0.2, 0.25) is 0 Å². The molecular weight excluding hydrogens is 385 g/mol. The Morgan fingerprint density at radius 2 is 1.50 bits per heavy atom. The van der Waals surface area contributed by atoms with E-state index in [9.17, 15) is 19.1 Å². The number of hydrogen-bond acceptors (Lipinski definition) is 3. The molecule has 5 nitrogen and oxygen atoms in total. The molecule has 1 N–H and O–H groups in total. The van der Waals surface area contributed by atoms with Crippen molar-refractivity contribution in [3.05, 3.63) is 89.7 Å². The Labute approximate surface area is 173 Å². The lowest BCUT2D eigenvalue weighted by Gasteiger charge is -2.26. The largest absolute Gasteiger partial charge is 0.480 e. The normalized spacial score (nSPS) is 13.3. The summed E-state index contributed by atoms with van der Waals surface area (Å²) < 4.78 is 18.9. The van der Waals surface area contributed by atoms with Gasteiger partial charge in [-0.2, -0.15) is 0 Å². The average molecular weight is 405 g/mol. The van der Waals surface area contributed by atoms with Crippen LogP contribution >= 0.6 is 0 Å². The third-order valence-electron chi connectivity index (χ3n) is 5.38. The third-order valence-corrected chi connectivity index (χ3v) is 5.38. The highest BCUT2D eigenvalue weighted by Crippen LogP contribution is 2.44. The molecule has 3 aromatic carbocycles. The number of hydrogen-bond donors (Lipinski definition) is 1. The van der Waals surface area contributed by atoms with Crippen LogP contribution in [-0.4, -0.2) is 29.8 Å². The molecule has 152 valence electrons. The van der Waals surface area contributed by atoms with Gasteiger partial charge in [-0.15, -0.1) is 0 Å². The number of fused-ring (bicyclic) bond motifs is 3. The summed E-state index contributed by atoms with van der Waals surface area (Å²) in [6, 6.07) is 19.8. The van der Waals surface area contributed by atoms with Crippen LogP contribution in [0.1, 0.15) is 24.0 Å². The van der Waals surface area contributed by atoms with E-state index in [1.165, 1.54) is 31.2 Å². The Bertz CT molecular complexity index is 1050. The fraction of sp³-hybridized carbons (Fsp3) is 0.167. The number of amides is 1. The van der Waals surface area contributed by atoms with Gasteiger partial charge in [-0.1, -0.05) is 48.5 Å². The van der Waals surface area contributed by atoms with E-state index in [-0.39, 0.29) is 18.2 Å². The monoisotopic (exact) mass is 405 g/mol. The molecule has 1 aliphatic rings. The summed E-state index contributed by atoms with van der Waals surface area (Å²) in [4.78, 5) is 25.5. The fourth-order valence-electron chi connectivity index (χ4n) is 3.86. The van der Waals surface area contributed by atoms with Gasteiger partial charge >= 0.3 is 12.1 Å². The maximum absolute atomic E-state index is 13.3. The first-order valence-corrected chi connectivity index (χ1v) is 9.60. The number of carbonyl (C=O) groups is 2. The summed E-state index contributed by atoms with van der Waals surface area (Å²) in [7, 11) is 0. The van der Waals surface area contributed by atoms with Crippen LogP contribution in [0.15, 0.2) is 72.8 Å². The lowest BCUT2D eigenvalue weighted by Crippen LogP contribution is -2.44. The third kappa shape index (κ3) is 3.52. The summed E-state index contributed by atoms with van der Waals surface area (Å²) in [6.07, 6.45) is -0.793. The van der Waals surface area contributed by atoms with Crippen LogP contribution in [0.25, 0.3) is 11.1 Å². The van der Waals surface area contributed by atoms with Crippen LogP contribution in [0, 0.1) is 5.82 Å². The molecule has 0 saturated carbocycles. The molecule has 1 unspecified atom stereocenters. The Kier molecular flexibility index (Phi) is 5.23. The Morgan fingerprint density at radius 1 is 0.967 bits per heavy atom. The zero-order valence-corrected chi connectivity index (χ0v) is 16.3. The van der Waals surface area contributed by atoms with Crippen LogP contribution in [0.4, 0.5) is 14.9 Å². The molecule has 0 radical (unpaired) electrons. The predicted molar refractivity (Wildman–Crippen MR) is 111 cm³/mol. The molecule has 0 bridgehead atoms. The molecule has 6 heteroatoms. The van der Waals surface area contributed by atoms with Gasteiger partial charge in [-0.05, 0) is 53.4 Å². The van der Waals surface area contributed by atoms with Crippen molar-refractivity contribution in [3.8, 4) is 11.1 Å². The lowest BCUT2D eigenvalue weighted by molar-refractivity contribution is -0.138. The molecule has 0 heterocycles. The van der Waals surface area contributed by atoms with Gasteiger partial charge in [-0.25, -0.2) is 14.0 Å². The van der Waals surface area contributed by atoms with E-state index in [2.05, 4.69) is 0 Å². The number of anilines is 1. The van der Waals surface area contributed by atoms with Crippen LogP contribution in [-0.2, 0) is 9.53 Å². The van der Waals surface area contributed by atoms with Crippen molar-refractivity contribution in [3.63, 3.8) is 0 Å². The molecule has 3 aromatic rings. The summed E-state index contributed by atoms with van der Waals surface area (Å²) in [5, 5.41) is 9.43. The number of nitrogens with zero attached hydrogens (tertiary/aromatic N) is 1. The number of ether oxygens (including phenoxy) is 1. The molecule has 0 fully saturated rings. The summed E-state index contributed by atoms with van der Waals surface area (Å²) in [5.41, 5.74) is 4.58. The molecule has 1 atom stereocenters. The smallest absolute Gasteiger partial charge is 0.415 e. The molecule has 4 rings (SSSR count). The standard InChI is InChI=1S/C24H20FNO4/c1-15(23(27)28)26(17-12-10-16(25)11-13-17)24(29)30-14-22-20-8-4-2-6-18(20)19-7-3-5-9-21(19)22/h2-13,15,22H,14H2,1H3,(H,27,28). The van der Waals surface area contributed by atoms with Crippen molar-refractivity contribution in [1.29, 1.82) is 0 Å². The minimum Gasteiger partial charge on any atom is -0.480 e. The maximum atomic E-state index is 13.3. The van der Waals surface area contributed by atoms with Crippen molar-refractivity contribution >= 4 is 17.7 Å². The molecule has 0 aromatic heterocycles. The first-order valence-electron chi connectivity index (χ1n) is 9.60. The van der Waals surface area contributed by atoms with E-state index >= 15 is 0 Å². The van der Waals surface area contributed by atoms with Gasteiger partial charge in [0, 0.05) is 11.6 Å². The lowest BCUT2D eigenvalue weighted by atomic mass is 9.98. The number of benzene rings is 3. The van der Waals surface area contributed by atoms with Gasteiger partial charge in [0.15, 0.2) is 0 Å². The first-order chi connectivity index (χ1) is 14.5. The summed E-state index contributed by atoms with van der Waals surface area (Å²) in [5.74, 6) is -1.81. The molecule has 30 heavy (non-hydrogen) atoms. The average Bonchev–Trinajstić information content (AvgIpc) is 3.07. The van der Waals surface area contributed by atoms with E-state index in [1.807, 2.05) is 48.5 Å². The van der Waals surface area contributed by atoms with Crippen LogP contribution in [0.5, 0.6) is 0 Å². The number of halogens is 1. The van der Waals surface area contributed by atoms with E-state index in [4.69, 9.17) is 4.74 Å².